The highest BCUT2D eigenvalue weighted by Gasteiger charge is 2.23. The van der Waals surface area contributed by atoms with Gasteiger partial charge in [0.15, 0.2) is 0 Å². The summed E-state index contributed by atoms with van der Waals surface area (Å²) in [6.45, 7) is -1.94. The fraction of sp³-hybridized carbons (Fsp3) is 0.857. The maximum atomic E-state index is 11.7. The first-order valence-corrected chi connectivity index (χ1v) is 4.07. The lowest BCUT2D eigenvalue weighted by Gasteiger charge is -2.30. The van der Waals surface area contributed by atoms with E-state index in [2.05, 4.69) is 4.74 Å². The average Bonchev–Trinajstić information content (AvgIpc) is 2.04. The van der Waals surface area contributed by atoms with E-state index < -0.39 is 18.7 Å². The van der Waals surface area contributed by atoms with Crippen molar-refractivity contribution >= 4 is 6.03 Å². The van der Waals surface area contributed by atoms with E-state index in [0.29, 0.717) is 25.9 Å². The van der Waals surface area contributed by atoms with Crippen molar-refractivity contribution < 1.29 is 18.3 Å². The molecular formula is C7H12F2N2O2. The number of likely N-dealkylation sites (tertiary alicyclic amines) is 1. The number of piperidine rings is 1. The number of amides is 2. The zero-order chi connectivity index (χ0) is 9.84. The molecule has 0 unspecified atom stereocenters. The Morgan fingerprint density at radius 1 is 1.46 bits per heavy atom. The number of carbonyl (C=O) groups is 1. The van der Waals surface area contributed by atoms with Crippen LogP contribution in [0, 0.1) is 0 Å². The molecule has 1 aliphatic rings. The Labute approximate surface area is 74.6 Å². The standard InChI is InChI=1S/C7H12F2N2O2/c8-6(9)13-5-1-3-11(4-2-5)7(10)12/h5-6H,1-4H2,(H2,10,12). The molecule has 0 spiro atoms. The summed E-state index contributed by atoms with van der Waals surface area (Å²) in [6, 6.07) is -0.504. The second-order valence-electron chi connectivity index (χ2n) is 2.92. The number of rotatable bonds is 2. The first kappa shape index (κ1) is 10.2. The first-order chi connectivity index (χ1) is 6.09. The van der Waals surface area contributed by atoms with Gasteiger partial charge in [0.25, 0.3) is 0 Å². The molecule has 1 fully saturated rings. The van der Waals surface area contributed by atoms with Gasteiger partial charge in [-0.2, -0.15) is 8.78 Å². The number of hydrogen-bond acceptors (Lipinski definition) is 2. The van der Waals surface area contributed by atoms with Crippen molar-refractivity contribution in [2.45, 2.75) is 25.6 Å². The molecule has 6 heteroatoms. The van der Waals surface area contributed by atoms with E-state index in [9.17, 15) is 13.6 Å². The second kappa shape index (κ2) is 4.36. The zero-order valence-corrected chi connectivity index (χ0v) is 7.08. The molecule has 1 aliphatic heterocycles. The van der Waals surface area contributed by atoms with Crippen LogP contribution in [0.15, 0.2) is 0 Å². The minimum absolute atomic E-state index is 0.396. The number of hydrogen-bond donors (Lipinski definition) is 1. The Balaban J connectivity index is 2.26. The first-order valence-electron chi connectivity index (χ1n) is 4.07. The predicted molar refractivity (Wildman–Crippen MR) is 41.3 cm³/mol. The summed E-state index contributed by atoms with van der Waals surface area (Å²) in [7, 11) is 0. The number of carbonyl (C=O) groups excluding carboxylic acids is 1. The molecular weight excluding hydrogens is 182 g/mol. The fourth-order valence-electron chi connectivity index (χ4n) is 1.36. The second-order valence-corrected chi connectivity index (χ2v) is 2.92. The minimum atomic E-state index is -2.73. The van der Waals surface area contributed by atoms with Crippen molar-refractivity contribution in [1.82, 2.24) is 4.90 Å². The van der Waals surface area contributed by atoms with Crippen molar-refractivity contribution in [3.05, 3.63) is 0 Å². The highest BCUT2D eigenvalue weighted by atomic mass is 19.3. The normalized spacial score (nSPS) is 19.5. The number of halogens is 2. The molecule has 0 bridgehead atoms. The topological polar surface area (TPSA) is 55.6 Å². The van der Waals surface area contributed by atoms with Crippen molar-refractivity contribution in [1.29, 1.82) is 0 Å². The van der Waals surface area contributed by atoms with Gasteiger partial charge in [-0.3, -0.25) is 0 Å². The Bertz CT molecular complexity index is 181. The molecule has 2 amide bonds. The third-order valence-corrected chi connectivity index (χ3v) is 2.05. The molecule has 1 rings (SSSR count). The van der Waals surface area contributed by atoms with Gasteiger partial charge >= 0.3 is 12.6 Å². The molecule has 0 atom stereocenters. The van der Waals surface area contributed by atoms with Crippen LogP contribution in [0.5, 0.6) is 0 Å². The smallest absolute Gasteiger partial charge is 0.345 e. The Morgan fingerprint density at radius 2 is 2.00 bits per heavy atom. The molecule has 0 aromatic carbocycles. The lowest BCUT2D eigenvalue weighted by atomic mass is 10.1. The maximum absolute atomic E-state index is 11.7. The van der Waals surface area contributed by atoms with Crippen LogP contribution in [-0.2, 0) is 4.74 Å². The van der Waals surface area contributed by atoms with E-state index in [1.54, 1.807) is 0 Å². The SMILES string of the molecule is NC(=O)N1CCC(OC(F)F)CC1. The summed E-state index contributed by atoms with van der Waals surface area (Å²) in [5.74, 6) is 0. The number of primary amides is 1. The van der Waals surface area contributed by atoms with Crippen LogP contribution in [-0.4, -0.2) is 36.7 Å². The summed E-state index contributed by atoms with van der Waals surface area (Å²) < 4.78 is 27.8. The van der Waals surface area contributed by atoms with E-state index in [0.717, 1.165) is 0 Å². The summed E-state index contributed by atoms with van der Waals surface area (Å²) >= 11 is 0. The molecule has 4 nitrogen and oxygen atoms in total. The van der Waals surface area contributed by atoms with Gasteiger partial charge in [0, 0.05) is 13.1 Å². The lowest BCUT2D eigenvalue weighted by Crippen LogP contribution is -2.43. The van der Waals surface area contributed by atoms with Gasteiger partial charge < -0.3 is 15.4 Å². The highest BCUT2D eigenvalue weighted by molar-refractivity contribution is 5.72. The van der Waals surface area contributed by atoms with Crippen molar-refractivity contribution in [3.63, 3.8) is 0 Å². The molecule has 0 aromatic rings. The Kier molecular flexibility index (Phi) is 3.41. The Hall–Kier alpha value is -0.910. The third-order valence-electron chi connectivity index (χ3n) is 2.05. The molecule has 0 saturated carbocycles. The molecule has 0 aliphatic carbocycles. The van der Waals surface area contributed by atoms with Crippen LogP contribution in [0.4, 0.5) is 13.6 Å². The molecule has 76 valence electrons. The molecule has 2 N–H and O–H groups in total. The zero-order valence-electron chi connectivity index (χ0n) is 7.08. The number of nitrogens with zero attached hydrogens (tertiary/aromatic N) is 1. The van der Waals surface area contributed by atoms with E-state index in [4.69, 9.17) is 5.73 Å². The number of alkyl halides is 2. The average molecular weight is 194 g/mol. The number of urea groups is 1. The monoisotopic (exact) mass is 194 g/mol. The van der Waals surface area contributed by atoms with E-state index in [-0.39, 0.29) is 0 Å². The molecule has 1 heterocycles. The Morgan fingerprint density at radius 3 is 2.38 bits per heavy atom. The van der Waals surface area contributed by atoms with Crippen molar-refractivity contribution in [2.24, 2.45) is 5.73 Å². The highest BCUT2D eigenvalue weighted by Crippen LogP contribution is 2.15. The van der Waals surface area contributed by atoms with Crippen LogP contribution in [0.1, 0.15) is 12.8 Å². The van der Waals surface area contributed by atoms with Crippen molar-refractivity contribution in [3.8, 4) is 0 Å². The van der Waals surface area contributed by atoms with Gasteiger partial charge in [0.2, 0.25) is 0 Å². The molecule has 1 saturated heterocycles. The van der Waals surface area contributed by atoms with Gasteiger partial charge in [0.1, 0.15) is 0 Å². The lowest BCUT2D eigenvalue weighted by molar-refractivity contribution is -0.170. The summed E-state index contributed by atoms with van der Waals surface area (Å²) in [6.07, 6.45) is 0.399. The summed E-state index contributed by atoms with van der Waals surface area (Å²) in [5.41, 5.74) is 5.01. The fourth-order valence-corrected chi connectivity index (χ4v) is 1.36. The van der Waals surface area contributed by atoms with Gasteiger partial charge in [-0.05, 0) is 12.8 Å². The summed E-state index contributed by atoms with van der Waals surface area (Å²) in [4.78, 5) is 12.1. The van der Waals surface area contributed by atoms with Crippen LogP contribution >= 0.6 is 0 Å². The van der Waals surface area contributed by atoms with E-state index in [1.165, 1.54) is 4.90 Å². The molecule has 0 radical (unpaired) electrons. The van der Waals surface area contributed by atoms with Crippen LogP contribution in [0.3, 0.4) is 0 Å². The minimum Gasteiger partial charge on any atom is -0.351 e. The number of ether oxygens (including phenoxy) is 1. The van der Waals surface area contributed by atoms with Gasteiger partial charge in [-0.15, -0.1) is 0 Å². The van der Waals surface area contributed by atoms with Crippen LogP contribution < -0.4 is 5.73 Å². The molecule has 13 heavy (non-hydrogen) atoms. The van der Waals surface area contributed by atoms with E-state index >= 15 is 0 Å². The summed E-state index contributed by atoms with van der Waals surface area (Å²) in [5, 5.41) is 0. The number of nitrogens with two attached hydrogens (primary N) is 1. The van der Waals surface area contributed by atoms with Gasteiger partial charge in [0.05, 0.1) is 6.10 Å². The maximum Gasteiger partial charge on any atom is 0.345 e. The molecule has 0 aromatic heterocycles. The third kappa shape index (κ3) is 3.14. The quantitative estimate of drug-likeness (QED) is 0.705. The largest absolute Gasteiger partial charge is 0.351 e. The van der Waals surface area contributed by atoms with Crippen molar-refractivity contribution in [2.75, 3.05) is 13.1 Å². The van der Waals surface area contributed by atoms with E-state index in [1.807, 2.05) is 0 Å². The van der Waals surface area contributed by atoms with Crippen LogP contribution in [0.25, 0.3) is 0 Å². The predicted octanol–water partition coefficient (Wildman–Crippen LogP) is 0.769. The van der Waals surface area contributed by atoms with Crippen LogP contribution in [0.2, 0.25) is 0 Å². The van der Waals surface area contributed by atoms with Gasteiger partial charge in [-0.1, -0.05) is 0 Å². The van der Waals surface area contributed by atoms with Gasteiger partial charge in [-0.25, -0.2) is 4.79 Å².